The SMILES string of the molecule is O=C(Nc1cc(Br)ccn1)c1ccc(Cl)s1. The van der Waals surface area contributed by atoms with Crippen molar-refractivity contribution in [3.05, 3.63) is 44.1 Å². The molecule has 2 aromatic heterocycles. The maximum atomic E-state index is 11.7. The Morgan fingerprint density at radius 2 is 2.25 bits per heavy atom. The van der Waals surface area contributed by atoms with Gasteiger partial charge in [0.2, 0.25) is 0 Å². The van der Waals surface area contributed by atoms with E-state index in [1.54, 1.807) is 30.5 Å². The molecule has 0 fully saturated rings. The lowest BCUT2D eigenvalue weighted by Crippen LogP contribution is -2.11. The van der Waals surface area contributed by atoms with Gasteiger partial charge in [-0.3, -0.25) is 4.79 Å². The number of halogens is 2. The first-order valence-corrected chi connectivity index (χ1v) is 6.32. The number of carbonyl (C=O) groups is 1. The predicted octanol–water partition coefficient (Wildman–Crippen LogP) is 3.81. The van der Waals surface area contributed by atoms with E-state index in [2.05, 4.69) is 26.2 Å². The highest BCUT2D eigenvalue weighted by atomic mass is 79.9. The van der Waals surface area contributed by atoms with Gasteiger partial charge >= 0.3 is 0 Å². The minimum Gasteiger partial charge on any atom is -0.306 e. The number of nitrogens with zero attached hydrogens (tertiary/aromatic N) is 1. The van der Waals surface area contributed by atoms with Crippen LogP contribution in [0.4, 0.5) is 5.82 Å². The molecule has 0 aliphatic rings. The summed E-state index contributed by atoms with van der Waals surface area (Å²) in [5.74, 6) is 0.298. The van der Waals surface area contributed by atoms with Gasteiger partial charge in [-0.15, -0.1) is 11.3 Å². The zero-order chi connectivity index (χ0) is 11.5. The zero-order valence-corrected chi connectivity index (χ0v) is 11.1. The first kappa shape index (κ1) is 11.6. The number of amides is 1. The predicted molar refractivity (Wildman–Crippen MR) is 69.2 cm³/mol. The minimum absolute atomic E-state index is 0.206. The molecule has 0 aliphatic heterocycles. The number of pyridine rings is 1. The third kappa shape index (κ3) is 2.81. The highest BCUT2D eigenvalue weighted by molar-refractivity contribution is 9.10. The summed E-state index contributed by atoms with van der Waals surface area (Å²) in [5, 5.41) is 2.68. The number of anilines is 1. The van der Waals surface area contributed by atoms with Gasteiger partial charge in [0.05, 0.1) is 9.21 Å². The van der Waals surface area contributed by atoms with Crippen molar-refractivity contribution < 1.29 is 4.79 Å². The van der Waals surface area contributed by atoms with Crippen molar-refractivity contribution in [2.24, 2.45) is 0 Å². The molecule has 0 aliphatic carbocycles. The summed E-state index contributed by atoms with van der Waals surface area (Å²) in [6, 6.07) is 6.89. The van der Waals surface area contributed by atoms with E-state index in [0.29, 0.717) is 15.0 Å². The Balaban J connectivity index is 2.13. The van der Waals surface area contributed by atoms with Gasteiger partial charge in [0.1, 0.15) is 5.82 Å². The van der Waals surface area contributed by atoms with E-state index in [1.165, 1.54) is 11.3 Å². The summed E-state index contributed by atoms with van der Waals surface area (Å²) in [5.41, 5.74) is 0. The number of thiophene rings is 1. The van der Waals surface area contributed by atoms with Gasteiger partial charge in [-0.2, -0.15) is 0 Å². The monoisotopic (exact) mass is 316 g/mol. The highest BCUT2D eigenvalue weighted by Gasteiger charge is 2.09. The largest absolute Gasteiger partial charge is 0.306 e. The third-order valence-electron chi connectivity index (χ3n) is 1.76. The average Bonchev–Trinajstić information content (AvgIpc) is 2.65. The normalized spacial score (nSPS) is 10.1. The fourth-order valence-corrected chi connectivity index (χ4v) is 2.36. The van der Waals surface area contributed by atoms with E-state index in [0.717, 1.165) is 4.47 Å². The summed E-state index contributed by atoms with van der Waals surface area (Å²) in [6.07, 6.45) is 1.61. The summed E-state index contributed by atoms with van der Waals surface area (Å²) in [6.45, 7) is 0. The zero-order valence-electron chi connectivity index (χ0n) is 7.91. The molecule has 0 aromatic carbocycles. The highest BCUT2D eigenvalue weighted by Crippen LogP contribution is 2.22. The number of hydrogen-bond donors (Lipinski definition) is 1. The summed E-state index contributed by atoms with van der Waals surface area (Å²) in [7, 11) is 0. The van der Waals surface area contributed by atoms with Crippen LogP contribution in [0.5, 0.6) is 0 Å². The maximum Gasteiger partial charge on any atom is 0.266 e. The van der Waals surface area contributed by atoms with Gasteiger partial charge in [0.15, 0.2) is 0 Å². The smallest absolute Gasteiger partial charge is 0.266 e. The first-order valence-electron chi connectivity index (χ1n) is 4.33. The van der Waals surface area contributed by atoms with Crippen LogP contribution in [-0.2, 0) is 0 Å². The Bertz CT molecular complexity index is 529. The summed E-state index contributed by atoms with van der Waals surface area (Å²) >= 11 is 10.3. The lowest BCUT2D eigenvalue weighted by Gasteiger charge is -2.02. The number of hydrogen-bond acceptors (Lipinski definition) is 3. The van der Waals surface area contributed by atoms with Crippen LogP contribution in [0.15, 0.2) is 34.9 Å². The Morgan fingerprint density at radius 3 is 2.88 bits per heavy atom. The van der Waals surface area contributed by atoms with Crippen LogP contribution < -0.4 is 5.32 Å². The van der Waals surface area contributed by atoms with E-state index in [4.69, 9.17) is 11.6 Å². The molecule has 0 unspecified atom stereocenters. The number of rotatable bonds is 2. The molecule has 0 saturated heterocycles. The lowest BCUT2D eigenvalue weighted by atomic mass is 10.4. The molecule has 0 bridgehead atoms. The van der Waals surface area contributed by atoms with E-state index < -0.39 is 0 Å². The molecule has 1 amide bonds. The molecule has 0 saturated carbocycles. The fraction of sp³-hybridized carbons (Fsp3) is 0. The van der Waals surface area contributed by atoms with Crippen LogP contribution in [0.3, 0.4) is 0 Å². The van der Waals surface area contributed by atoms with Gasteiger partial charge < -0.3 is 5.32 Å². The topological polar surface area (TPSA) is 42.0 Å². The second-order valence-electron chi connectivity index (χ2n) is 2.92. The van der Waals surface area contributed by atoms with Crippen LogP contribution in [-0.4, -0.2) is 10.9 Å². The average molecular weight is 318 g/mol. The Labute approximate surface area is 110 Å². The van der Waals surface area contributed by atoms with Crippen molar-refractivity contribution in [1.82, 2.24) is 4.98 Å². The van der Waals surface area contributed by atoms with Crippen molar-refractivity contribution in [3.63, 3.8) is 0 Å². The fourth-order valence-electron chi connectivity index (χ4n) is 1.09. The molecule has 1 N–H and O–H groups in total. The van der Waals surface area contributed by atoms with Crippen LogP contribution in [0.1, 0.15) is 9.67 Å². The standard InChI is InChI=1S/C10H6BrClN2OS/c11-6-3-4-13-9(5-6)14-10(15)7-1-2-8(12)16-7/h1-5H,(H,13,14,15). The lowest BCUT2D eigenvalue weighted by molar-refractivity contribution is 0.103. The van der Waals surface area contributed by atoms with E-state index >= 15 is 0 Å². The first-order chi connectivity index (χ1) is 7.65. The van der Waals surface area contributed by atoms with Crippen LogP contribution in [0, 0.1) is 0 Å². The van der Waals surface area contributed by atoms with E-state index in [9.17, 15) is 4.79 Å². The Morgan fingerprint density at radius 1 is 1.44 bits per heavy atom. The number of aromatic nitrogens is 1. The molecule has 6 heteroatoms. The number of carbonyl (C=O) groups excluding carboxylic acids is 1. The molecule has 0 atom stereocenters. The molecule has 3 nitrogen and oxygen atoms in total. The van der Waals surface area contributed by atoms with Crippen LogP contribution in [0.25, 0.3) is 0 Å². The van der Waals surface area contributed by atoms with Crippen molar-refractivity contribution in [1.29, 1.82) is 0 Å². The third-order valence-corrected chi connectivity index (χ3v) is 3.48. The second kappa shape index (κ2) is 4.95. The molecular weight excluding hydrogens is 312 g/mol. The van der Waals surface area contributed by atoms with Crippen molar-refractivity contribution >= 4 is 50.6 Å². The maximum absolute atomic E-state index is 11.7. The Kier molecular flexibility index (Phi) is 3.58. The molecule has 0 radical (unpaired) electrons. The van der Waals surface area contributed by atoms with Gasteiger partial charge in [-0.1, -0.05) is 27.5 Å². The van der Waals surface area contributed by atoms with Crippen LogP contribution >= 0.6 is 38.9 Å². The molecular formula is C10H6BrClN2OS. The quantitative estimate of drug-likeness (QED) is 0.915. The van der Waals surface area contributed by atoms with Crippen LogP contribution in [0.2, 0.25) is 4.34 Å². The molecule has 2 aromatic rings. The number of nitrogens with one attached hydrogen (secondary N) is 1. The molecule has 82 valence electrons. The Hall–Kier alpha value is -0.910. The van der Waals surface area contributed by atoms with Crippen molar-refractivity contribution in [2.75, 3.05) is 5.32 Å². The van der Waals surface area contributed by atoms with Crippen molar-refractivity contribution in [2.45, 2.75) is 0 Å². The van der Waals surface area contributed by atoms with Gasteiger partial charge in [-0.25, -0.2) is 4.98 Å². The van der Waals surface area contributed by atoms with E-state index in [1.807, 2.05) is 0 Å². The minimum atomic E-state index is -0.206. The second-order valence-corrected chi connectivity index (χ2v) is 5.55. The van der Waals surface area contributed by atoms with Gasteiger partial charge in [0.25, 0.3) is 5.91 Å². The summed E-state index contributed by atoms with van der Waals surface area (Å²) < 4.78 is 1.45. The van der Waals surface area contributed by atoms with E-state index in [-0.39, 0.29) is 5.91 Å². The molecule has 2 heterocycles. The molecule has 16 heavy (non-hydrogen) atoms. The summed E-state index contributed by atoms with van der Waals surface area (Å²) in [4.78, 5) is 16.3. The van der Waals surface area contributed by atoms with Crippen molar-refractivity contribution in [3.8, 4) is 0 Å². The molecule has 0 spiro atoms. The van der Waals surface area contributed by atoms with Gasteiger partial charge in [0, 0.05) is 10.7 Å². The van der Waals surface area contributed by atoms with Gasteiger partial charge in [-0.05, 0) is 24.3 Å². The molecule has 2 rings (SSSR count).